The van der Waals surface area contributed by atoms with Crippen LogP contribution in [0.3, 0.4) is 0 Å². The predicted octanol–water partition coefficient (Wildman–Crippen LogP) is 3.66. The van der Waals surface area contributed by atoms with Gasteiger partial charge in [-0.1, -0.05) is 36.4 Å². The van der Waals surface area contributed by atoms with Gasteiger partial charge >= 0.3 is 11.9 Å². The molecule has 0 heterocycles. The van der Waals surface area contributed by atoms with Crippen LogP contribution in [0.5, 0.6) is 0 Å². The van der Waals surface area contributed by atoms with Crippen molar-refractivity contribution in [2.75, 3.05) is 18.5 Å². The van der Waals surface area contributed by atoms with E-state index >= 15 is 0 Å². The van der Waals surface area contributed by atoms with E-state index in [1.807, 2.05) is 0 Å². The molecule has 0 bridgehead atoms. The first kappa shape index (κ1) is 22.0. The van der Waals surface area contributed by atoms with Crippen molar-refractivity contribution in [3.05, 3.63) is 95.6 Å². The van der Waals surface area contributed by atoms with Gasteiger partial charge in [-0.15, -0.1) is 0 Å². The van der Waals surface area contributed by atoms with Crippen molar-refractivity contribution >= 4 is 27.6 Å². The second kappa shape index (κ2) is 9.44. The van der Waals surface area contributed by atoms with Crippen molar-refractivity contribution < 1.29 is 27.5 Å². The normalized spacial score (nSPS) is 10.9. The maximum atomic E-state index is 12.9. The molecule has 0 aromatic heterocycles. The molecule has 0 amide bonds. The number of carbonyl (C=O) groups is 2. The molecule has 0 aliphatic carbocycles. The van der Waals surface area contributed by atoms with Crippen LogP contribution in [-0.4, -0.2) is 34.5 Å². The summed E-state index contributed by atoms with van der Waals surface area (Å²) >= 11 is 0. The number of benzene rings is 3. The maximum Gasteiger partial charge on any atom is 0.338 e. The molecule has 0 saturated heterocycles. The Bertz CT molecular complexity index is 1170. The molecular weight excluding hydrogens is 418 g/mol. The van der Waals surface area contributed by atoms with Crippen molar-refractivity contribution in [1.82, 2.24) is 0 Å². The predicted molar refractivity (Wildman–Crippen MR) is 115 cm³/mol. The number of nitrogens with zero attached hydrogens (tertiary/aromatic N) is 1. The molecule has 3 aromatic carbocycles. The zero-order valence-electron chi connectivity index (χ0n) is 17.0. The van der Waals surface area contributed by atoms with E-state index in [2.05, 4.69) is 4.74 Å². The number of anilines is 1. The van der Waals surface area contributed by atoms with E-state index in [9.17, 15) is 18.0 Å². The zero-order valence-corrected chi connectivity index (χ0v) is 17.8. The molecule has 0 spiro atoms. The fraction of sp³-hybridized carbons (Fsp3) is 0.130. The number of para-hydroxylation sites is 1. The molecule has 0 radical (unpaired) electrons. The Hall–Kier alpha value is -3.65. The van der Waals surface area contributed by atoms with Gasteiger partial charge in [0, 0.05) is 7.05 Å². The summed E-state index contributed by atoms with van der Waals surface area (Å²) in [5.41, 5.74) is 1.69. The Morgan fingerprint density at radius 2 is 1.52 bits per heavy atom. The van der Waals surface area contributed by atoms with Crippen LogP contribution in [0, 0.1) is 0 Å². The summed E-state index contributed by atoms with van der Waals surface area (Å²) in [4.78, 5) is 23.9. The number of esters is 2. The summed E-state index contributed by atoms with van der Waals surface area (Å²) in [5.74, 6) is -1.11. The highest BCUT2D eigenvalue weighted by Gasteiger charge is 2.22. The number of rotatable bonds is 7. The van der Waals surface area contributed by atoms with Crippen LogP contribution >= 0.6 is 0 Å². The summed E-state index contributed by atoms with van der Waals surface area (Å²) in [6.45, 7) is -0.0266. The number of carbonyl (C=O) groups excluding carboxylic acids is 2. The van der Waals surface area contributed by atoms with Gasteiger partial charge in [-0.25, -0.2) is 18.0 Å². The van der Waals surface area contributed by atoms with Crippen molar-refractivity contribution in [2.45, 2.75) is 11.5 Å². The Morgan fingerprint density at radius 3 is 2.16 bits per heavy atom. The lowest BCUT2D eigenvalue weighted by Gasteiger charge is -2.19. The topological polar surface area (TPSA) is 90.0 Å². The fourth-order valence-corrected chi connectivity index (χ4v) is 4.05. The van der Waals surface area contributed by atoms with Gasteiger partial charge in [0.2, 0.25) is 0 Å². The SMILES string of the molecule is COC(=O)c1ccc(COC(=O)c2cccc(S(=O)(=O)N(C)c3ccccc3)c2)cc1. The van der Waals surface area contributed by atoms with Gasteiger partial charge in [0.1, 0.15) is 6.61 Å². The lowest BCUT2D eigenvalue weighted by atomic mass is 10.1. The van der Waals surface area contributed by atoms with Gasteiger partial charge in [-0.3, -0.25) is 4.31 Å². The molecule has 7 nitrogen and oxygen atoms in total. The van der Waals surface area contributed by atoms with E-state index in [1.54, 1.807) is 54.6 Å². The molecule has 3 rings (SSSR count). The molecule has 0 unspecified atom stereocenters. The van der Waals surface area contributed by atoms with Crippen molar-refractivity contribution in [3.63, 3.8) is 0 Å². The Labute approximate surface area is 180 Å². The third-order valence-corrected chi connectivity index (χ3v) is 6.37. The smallest absolute Gasteiger partial charge is 0.338 e. The molecule has 0 N–H and O–H groups in total. The molecule has 0 fully saturated rings. The summed E-state index contributed by atoms with van der Waals surface area (Å²) in [6.07, 6.45) is 0. The average molecular weight is 439 g/mol. The number of ether oxygens (including phenoxy) is 2. The van der Waals surface area contributed by atoms with Gasteiger partial charge < -0.3 is 9.47 Å². The van der Waals surface area contributed by atoms with Crippen LogP contribution in [0.2, 0.25) is 0 Å². The minimum Gasteiger partial charge on any atom is -0.465 e. The van der Waals surface area contributed by atoms with Crippen molar-refractivity contribution in [3.8, 4) is 0 Å². The molecule has 160 valence electrons. The first-order valence-corrected chi connectivity index (χ1v) is 10.8. The van der Waals surface area contributed by atoms with E-state index < -0.39 is 22.0 Å². The minimum atomic E-state index is -3.85. The standard InChI is InChI=1S/C23H21NO6S/c1-24(20-8-4-3-5-9-20)31(27,28)21-10-6-7-19(15-21)23(26)30-16-17-11-13-18(14-12-17)22(25)29-2/h3-15H,16H2,1-2H3. The monoisotopic (exact) mass is 439 g/mol. The highest BCUT2D eigenvalue weighted by molar-refractivity contribution is 7.92. The van der Waals surface area contributed by atoms with Gasteiger partial charge in [-0.2, -0.15) is 0 Å². The van der Waals surface area contributed by atoms with E-state index in [4.69, 9.17) is 4.74 Å². The van der Waals surface area contributed by atoms with Crippen LogP contribution in [0.1, 0.15) is 26.3 Å². The zero-order chi connectivity index (χ0) is 22.4. The number of sulfonamides is 1. The highest BCUT2D eigenvalue weighted by Crippen LogP contribution is 2.22. The van der Waals surface area contributed by atoms with E-state index in [0.717, 1.165) is 4.31 Å². The highest BCUT2D eigenvalue weighted by atomic mass is 32.2. The summed E-state index contributed by atoms with van der Waals surface area (Å²) in [5, 5.41) is 0. The lowest BCUT2D eigenvalue weighted by Crippen LogP contribution is -2.26. The van der Waals surface area contributed by atoms with E-state index in [0.29, 0.717) is 16.8 Å². The lowest BCUT2D eigenvalue weighted by molar-refractivity contribution is 0.0471. The van der Waals surface area contributed by atoms with Gasteiger partial charge in [0.25, 0.3) is 10.0 Å². The minimum absolute atomic E-state index is 0.0178. The second-order valence-electron chi connectivity index (χ2n) is 6.60. The number of methoxy groups -OCH3 is 1. The van der Waals surface area contributed by atoms with Crippen molar-refractivity contribution in [2.24, 2.45) is 0 Å². The third-order valence-electron chi connectivity index (χ3n) is 4.59. The molecule has 0 aliphatic heterocycles. The third kappa shape index (κ3) is 5.10. The molecule has 3 aromatic rings. The van der Waals surface area contributed by atoms with Crippen molar-refractivity contribution in [1.29, 1.82) is 0 Å². The Morgan fingerprint density at radius 1 is 0.839 bits per heavy atom. The molecule has 0 atom stereocenters. The first-order valence-electron chi connectivity index (χ1n) is 9.31. The van der Waals surface area contributed by atoms with Gasteiger partial charge in [0.15, 0.2) is 0 Å². The molecule has 8 heteroatoms. The molecular formula is C23H21NO6S. The Kier molecular flexibility index (Phi) is 6.71. The Balaban J connectivity index is 1.72. The van der Waals surface area contributed by atoms with Gasteiger partial charge in [-0.05, 0) is 48.0 Å². The summed E-state index contributed by atoms with van der Waals surface area (Å²) in [6, 6.07) is 20.8. The quantitative estimate of drug-likeness (QED) is 0.522. The molecule has 0 aliphatic rings. The largest absolute Gasteiger partial charge is 0.465 e. The fourth-order valence-electron chi connectivity index (χ4n) is 2.81. The summed E-state index contributed by atoms with van der Waals surface area (Å²) in [7, 11) is -1.10. The van der Waals surface area contributed by atoms with E-state index in [-0.39, 0.29) is 17.1 Å². The van der Waals surface area contributed by atoms with E-state index in [1.165, 1.54) is 38.4 Å². The molecule has 31 heavy (non-hydrogen) atoms. The van der Waals surface area contributed by atoms with Crippen LogP contribution < -0.4 is 4.31 Å². The first-order chi connectivity index (χ1) is 14.8. The van der Waals surface area contributed by atoms with Crippen LogP contribution in [0.25, 0.3) is 0 Å². The van der Waals surface area contributed by atoms with Crippen LogP contribution in [0.4, 0.5) is 5.69 Å². The van der Waals surface area contributed by atoms with Gasteiger partial charge in [0.05, 0.1) is 28.8 Å². The average Bonchev–Trinajstić information content (AvgIpc) is 2.82. The number of hydrogen-bond acceptors (Lipinski definition) is 6. The molecule has 0 saturated carbocycles. The number of hydrogen-bond donors (Lipinski definition) is 0. The van der Waals surface area contributed by atoms with Crippen LogP contribution in [0.15, 0.2) is 83.8 Å². The maximum absolute atomic E-state index is 12.9. The second-order valence-corrected chi connectivity index (χ2v) is 8.57. The van der Waals surface area contributed by atoms with Crippen LogP contribution in [-0.2, 0) is 26.1 Å². The summed E-state index contributed by atoms with van der Waals surface area (Å²) < 4.78 is 37.0.